The number of nitrogens with zero attached hydrogens (tertiary/aromatic N) is 3. The third-order valence-corrected chi connectivity index (χ3v) is 5.51. The monoisotopic (exact) mass is 469 g/mol. The number of pyridine rings is 1. The van der Waals surface area contributed by atoms with Gasteiger partial charge in [0.1, 0.15) is 11.9 Å². The SMILES string of the molecule is COc1ccc(C(F)F)cc1-c1cnc([NH+]=CN)cc1C(=O)Nc1nnc(C#CC2CC2)s1. The van der Waals surface area contributed by atoms with E-state index in [0.717, 1.165) is 30.5 Å². The molecule has 1 aromatic carbocycles. The number of alkyl halides is 2. The standard InChI is InChI=1S/C22H18F2N6O2S/c1-32-17-6-5-13(20(23)24)8-14(17)16-10-26-18(27-11-25)9-15(16)21(31)28-22-30-29-19(33-22)7-4-12-2-3-12/h5-6,8-12,20H,2-3H2,1H3,(H2,25,26,27)(H,28,30,31)/p+1. The van der Waals surface area contributed by atoms with Gasteiger partial charge in [0.15, 0.2) is 11.3 Å². The average molecular weight is 469 g/mol. The summed E-state index contributed by atoms with van der Waals surface area (Å²) in [4.78, 5) is 20.1. The topological polar surface area (TPSA) is 117 Å². The normalized spacial score (nSPS) is 13.1. The number of carbonyl (C=O) groups is 1. The van der Waals surface area contributed by atoms with Crippen LogP contribution in [0.15, 0.2) is 30.5 Å². The lowest BCUT2D eigenvalue weighted by atomic mass is 9.98. The molecule has 168 valence electrons. The van der Waals surface area contributed by atoms with E-state index in [0.29, 0.717) is 33.6 Å². The Balaban J connectivity index is 1.71. The molecule has 0 aliphatic heterocycles. The Bertz CT molecular complexity index is 1280. The molecule has 1 aliphatic rings. The van der Waals surface area contributed by atoms with E-state index in [-0.39, 0.29) is 16.3 Å². The molecule has 1 fully saturated rings. The van der Waals surface area contributed by atoms with Crippen molar-refractivity contribution in [2.45, 2.75) is 19.3 Å². The summed E-state index contributed by atoms with van der Waals surface area (Å²) in [5.41, 5.74) is 5.94. The van der Waals surface area contributed by atoms with Gasteiger partial charge in [-0.15, -0.1) is 15.2 Å². The fourth-order valence-electron chi connectivity index (χ4n) is 2.97. The van der Waals surface area contributed by atoms with Gasteiger partial charge in [-0.2, -0.15) is 0 Å². The van der Waals surface area contributed by atoms with Gasteiger partial charge in [-0.1, -0.05) is 17.3 Å². The number of amides is 1. The molecule has 0 spiro atoms. The molecule has 0 saturated heterocycles. The molecule has 2 heterocycles. The third kappa shape index (κ3) is 5.30. The predicted molar refractivity (Wildman–Crippen MR) is 120 cm³/mol. The van der Waals surface area contributed by atoms with Crippen molar-refractivity contribution in [3.05, 3.63) is 46.6 Å². The minimum absolute atomic E-state index is 0.153. The first kappa shape index (κ1) is 22.3. The lowest BCUT2D eigenvalue weighted by Crippen LogP contribution is -2.64. The maximum Gasteiger partial charge on any atom is 0.263 e. The van der Waals surface area contributed by atoms with Crippen LogP contribution < -0.4 is 20.8 Å². The first-order chi connectivity index (χ1) is 16.0. The highest BCUT2D eigenvalue weighted by molar-refractivity contribution is 7.15. The molecule has 4 rings (SSSR count). The van der Waals surface area contributed by atoms with E-state index in [1.54, 1.807) is 0 Å². The number of anilines is 1. The molecule has 3 aromatic rings. The van der Waals surface area contributed by atoms with Crippen LogP contribution in [0.25, 0.3) is 11.1 Å². The number of ether oxygens (including phenoxy) is 1. The van der Waals surface area contributed by atoms with Gasteiger partial charge >= 0.3 is 0 Å². The van der Waals surface area contributed by atoms with Crippen molar-refractivity contribution in [1.82, 2.24) is 15.2 Å². The number of halogens is 2. The average Bonchev–Trinajstić information content (AvgIpc) is 3.55. The molecule has 4 N–H and O–H groups in total. The van der Waals surface area contributed by atoms with Crippen molar-refractivity contribution >= 4 is 34.5 Å². The summed E-state index contributed by atoms with van der Waals surface area (Å²) >= 11 is 1.15. The number of hydrogen-bond donors (Lipinski definition) is 3. The van der Waals surface area contributed by atoms with Gasteiger partial charge < -0.3 is 10.5 Å². The minimum atomic E-state index is -2.69. The number of aromatic nitrogens is 3. The van der Waals surface area contributed by atoms with Crippen molar-refractivity contribution in [3.8, 4) is 28.7 Å². The van der Waals surface area contributed by atoms with Crippen LogP contribution in [-0.4, -0.2) is 34.5 Å². The summed E-state index contributed by atoms with van der Waals surface area (Å²) in [6.45, 7) is 0. The summed E-state index contributed by atoms with van der Waals surface area (Å²) in [7, 11) is 1.42. The Morgan fingerprint density at radius 2 is 2.15 bits per heavy atom. The van der Waals surface area contributed by atoms with E-state index in [1.807, 2.05) is 0 Å². The summed E-state index contributed by atoms with van der Waals surface area (Å²) in [6.07, 6.45) is 2.04. The zero-order valence-corrected chi connectivity index (χ0v) is 18.2. The largest absolute Gasteiger partial charge is 0.496 e. The molecule has 0 atom stereocenters. The molecule has 11 heteroatoms. The van der Waals surface area contributed by atoms with E-state index < -0.39 is 12.3 Å². The van der Waals surface area contributed by atoms with E-state index in [2.05, 4.69) is 37.3 Å². The molecule has 0 bridgehead atoms. The second-order valence-corrected chi connectivity index (χ2v) is 8.07. The number of methoxy groups -OCH3 is 1. The second kappa shape index (κ2) is 9.70. The summed E-state index contributed by atoms with van der Waals surface area (Å²) in [5.74, 6) is 6.53. The van der Waals surface area contributed by atoms with Gasteiger partial charge in [-0.05, 0) is 37.0 Å². The first-order valence-corrected chi connectivity index (χ1v) is 10.7. The number of hydrogen-bond acceptors (Lipinski definition) is 6. The fraction of sp³-hybridized carbons (Fsp3) is 0.227. The van der Waals surface area contributed by atoms with Crippen molar-refractivity contribution in [3.63, 3.8) is 0 Å². The van der Waals surface area contributed by atoms with Crippen molar-refractivity contribution < 1.29 is 23.3 Å². The lowest BCUT2D eigenvalue weighted by molar-refractivity contribution is -0.353. The Morgan fingerprint density at radius 3 is 2.85 bits per heavy atom. The Hall–Kier alpha value is -3.91. The van der Waals surface area contributed by atoms with Crippen LogP contribution in [0.4, 0.5) is 19.7 Å². The zero-order chi connectivity index (χ0) is 23.4. The number of carbonyl (C=O) groups excluding carboxylic acids is 1. The predicted octanol–water partition coefficient (Wildman–Crippen LogP) is 2.26. The summed E-state index contributed by atoms with van der Waals surface area (Å²) in [6, 6.07) is 5.42. The minimum Gasteiger partial charge on any atom is -0.496 e. The third-order valence-electron chi connectivity index (χ3n) is 4.75. The van der Waals surface area contributed by atoms with Crippen LogP contribution in [0.3, 0.4) is 0 Å². The van der Waals surface area contributed by atoms with Gasteiger partial charge in [-0.3, -0.25) is 15.1 Å². The molecule has 2 aromatic heterocycles. The maximum atomic E-state index is 13.3. The highest BCUT2D eigenvalue weighted by Gasteiger charge is 2.22. The Kier molecular flexibility index (Phi) is 6.55. The van der Waals surface area contributed by atoms with Crippen molar-refractivity contribution in [2.24, 2.45) is 11.7 Å². The highest BCUT2D eigenvalue weighted by atomic mass is 32.1. The van der Waals surface area contributed by atoms with Gasteiger partial charge in [0.05, 0.1) is 12.7 Å². The smallest absolute Gasteiger partial charge is 0.263 e. The van der Waals surface area contributed by atoms with Gasteiger partial charge in [-0.25, -0.2) is 8.78 Å². The van der Waals surface area contributed by atoms with Gasteiger partial charge in [0, 0.05) is 28.7 Å². The molecule has 1 aliphatic carbocycles. The number of nitrogens with one attached hydrogen (secondary N) is 2. The first-order valence-electron chi connectivity index (χ1n) is 9.91. The molecule has 33 heavy (non-hydrogen) atoms. The van der Waals surface area contributed by atoms with Crippen molar-refractivity contribution in [2.75, 3.05) is 12.4 Å². The number of benzene rings is 1. The molecule has 0 unspecified atom stereocenters. The van der Waals surface area contributed by atoms with Crippen LogP contribution in [0.2, 0.25) is 0 Å². The Labute approximate surface area is 191 Å². The molecule has 1 saturated carbocycles. The Morgan fingerprint density at radius 1 is 1.33 bits per heavy atom. The second-order valence-electron chi connectivity index (χ2n) is 7.10. The summed E-state index contributed by atoms with van der Waals surface area (Å²) in [5, 5.41) is 11.4. The van der Waals surface area contributed by atoms with Crippen LogP contribution in [0.5, 0.6) is 5.75 Å². The van der Waals surface area contributed by atoms with E-state index >= 15 is 0 Å². The molecule has 1 amide bonds. The van der Waals surface area contributed by atoms with E-state index in [4.69, 9.17) is 10.5 Å². The molecule has 8 nitrogen and oxygen atoms in total. The molecular formula is C22H19F2N6O2S+. The van der Waals surface area contributed by atoms with Crippen molar-refractivity contribution in [1.29, 1.82) is 0 Å². The summed E-state index contributed by atoms with van der Waals surface area (Å²) < 4.78 is 32.0. The van der Waals surface area contributed by atoms with Gasteiger partial charge in [0.25, 0.3) is 18.2 Å². The zero-order valence-electron chi connectivity index (χ0n) is 17.4. The van der Waals surface area contributed by atoms with E-state index in [9.17, 15) is 13.6 Å². The van der Waals surface area contributed by atoms with E-state index in [1.165, 1.54) is 37.6 Å². The maximum absolute atomic E-state index is 13.3. The molecule has 0 radical (unpaired) electrons. The fourth-order valence-corrected chi connectivity index (χ4v) is 3.57. The van der Waals surface area contributed by atoms with Crippen LogP contribution >= 0.6 is 11.3 Å². The van der Waals surface area contributed by atoms with Gasteiger partial charge in [0.2, 0.25) is 5.13 Å². The quantitative estimate of drug-likeness (QED) is 0.290. The molecular weight excluding hydrogens is 450 g/mol. The van der Waals surface area contributed by atoms with Crippen LogP contribution in [0, 0.1) is 17.8 Å². The highest BCUT2D eigenvalue weighted by Crippen LogP contribution is 2.36. The number of rotatable bonds is 6. The van der Waals surface area contributed by atoms with Crippen LogP contribution in [0.1, 0.15) is 40.2 Å². The van der Waals surface area contributed by atoms with Crippen LogP contribution in [-0.2, 0) is 0 Å². The number of nitrogens with two attached hydrogens (primary N) is 1. The lowest BCUT2D eigenvalue weighted by Gasteiger charge is -2.13.